The Labute approximate surface area is 100 Å². The first-order chi connectivity index (χ1) is 7.59. The van der Waals surface area contributed by atoms with Crippen LogP contribution in [-0.4, -0.2) is 32.3 Å². The van der Waals surface area contributed by atoms with Crippen LogP contribution in [0.4, 0.5) is 0 Å². The predicted molar refractivity (Wildman–Crippen MR) is 64.1 cm³/mol. The van der Waals surface area contributed by atoms with Gasteiger partial charge in [-0.1, -0.05) is 6.07 Å². The van der Waals surface area contributed by atoms with Crippen LogP contribution in [0.3, 0.4) is 0 Å². The van der Waals surface area contributed by atoms with Crippen molar-refractivity contribution in [3.63, 3.8) is 0 Å². The largest absolute Gasteiger partial charge is 0.480 e. The summed E-state index contributed by atoms with van der Waals surface area (Å²) in [6, 6.07) is 3.04. The van der Waals surface area contributed by atoms with Crippen molar-refractivity contribution in [3.8, 4) is 0 Å². The van der Waals surface area contributed by atoms with Gasteiger partial charge in [0.15, 0.2) is 0 Å². The van der Waals surface area contributed by atoms with E-state index in [9.17, 15) is 9.00 Å². The fourth-order valence-corrected chi connectivity index (χ4v) is 4.17. The van der Waals surface area contributed by atoms with Crippen molar-refractivity contribution in [1.82, 2.24) is 5.32 Å². The van der Waals surface area contributed by atoms with E-state index in [1.54, 1.807) is 11.3 Å². The topological polar surface area (TPSA) is 66.4 Å². The number of carbonyl (C=O) groups is 1. The predicted octanol–water partition coefficient (Wildman–Crippen LogP) is 0.983. The van der Waals surface area contributed by atoms with E-state index in [1.807, 2.05) is 24.4 Å². The van der Waals surface area contributed by atoms with E-state index in [-0.39, 0.29) is 17.0 Å². The van der Waals surface area contributed by atoms with E-state index in [4.69, 9.17) is 5.11 Å². The first-order valence-electron chi connectivity index (χ1n) is 4.99. The Morgan fingerprint density at radius 1 is 1.69 bits per heavy atom. The van der Waals surface area contributed by atoms with Crippen molar-refractivity contribution >= 4 is 28.1 Å². The van der Waals surface area contributed by atoms with E-state index < -0.39 is 22.8 Å². The Kier molecular flexibility index (Phi) is 3.41. The van der Waals surface area contributed by atoms with Crippen LogP contribution in [0.15, 0.2) is 17.5 Å². The van der Waals surface area contributed by atoms with Crippen LogP contribution < -0.4 is 5.32 Å². The monoisotopic (exact) mass is 259 g/mol. The molecule has 1 aliphatic heterocycles. The summed E-state index contributed by atoms with van der Waals surface area (Å²) < 4.78 is 11.8. The number of hydrogen-bond donors (Lipinski definition) is 2. The second kappa shape index (κ2) is 4.65. The van der Waals surface area contributed by atoms with Gasteiger partial charge in [-0.25, -0.2) is 0 Å². The van der Waals surface area contributed by atoms with Crippen molar-refractivity contribution in [1.29, 1.82) is 0 Å². The first kappa shape index (κ1) is 11.8. The van der Waals surface area contributed by atoms with Gasteiger partial charge in [-0.15, -0.1) is 11.3 Å². The van der Waals surface area contributed by atoms with Crippen molar-refractivity contribution in [2.24, 2.45) is 0 Å². The summed E-state index contributed by atoms with van der Waals surface area (Å²) in [4.78, 5) is 12.0. The highest BCUT2D eigenvalue weighted by Gasteiger charge is 2.36. The van der Waals surface area contributed by atoms with E-state index in [2.05, 4.69) is 5.32 Å². The molecule has 4 atom stereocenters. The number of thiophene rings is 1. The third kappa shape index (κ3) is 2.18. The molecule has 0 aromatic carbocycles. The lowest BCUT2D eigenvalue weighted by atomic mass is 10.1. The van der Waals surface area contributed by atoms with Gasteiger partial charge in [0.25, 0.3) is 0 Å². The van der Waals surface area contributed by atoms with Gasteiger partial charge in [-0.05, 0) is 18.4 Å². The van der Waals surface area contributed by atoms with Gasteiger partial charge in [-0.3, -0.25) is 14.3 Å². The molecule has 0 aliphatic carbocycles. The highest BCUT2D eigenvalue weighted by molar-refractivity contribution is 7.85. The number of carboxylic acid groups (broad SMARTS) is 1. The Morgan fingerprint density at radius 2 is 2.44 bits per heavy atom. The number of aliphatic carboxylic acids is 1. The molecule has 2 heterocycles. The van der Waals surface area contributed by atoms with Crippen LogP contribution in [0.2, 0.25) is 0 Å². The van der Waals surface area contributed by atoms with E-state index in [0.717, 1.165) is 4.88 Å². The lowest BCUT2D eigenvalue weighted by Crippen LogP contribution is -2.52. The zero-order valence-electron chi connectivity index (χ0n) is 8.75. The lowest BCUT2D eigenvalue weighted by Gasteiger charge is -2.32. The molecular formula is C10H13NO3S2. The van der Waals surface area contributed by atoms with Crippen LogP contribution in [0.1, 0.15) is 17.8 Å². The van der Waals surface area contributed by atoms with E-state index in [0.29, 0.717) is 0 Å². The van der Waals surface area contributed by atoms with Gasteiger partial charge in [-0.2, -0.15) is 0 Å². The van der Waals surface area contributed by atoms with Gasteiger partial charge >= 0.3 is 5.97 Å². The van der Waals surface area contributed by atoms with Crippen molar-refractivity contribution in [3.05, 3.63) is 22.4 Å². The van der Waals surface area contributed by atoms with Crippen LogP contribution >= 0.6 is 11.3 Å². The molecule has 2 rings (SSSR count). The maximum atomic E-state index is 11.8. The summed E-state index contributed by atoms with van der Waals surface area (Å²) in [5, 5.41) is 13.9. The smallest absolute Gasteiger partial charge is 0.321 e. The summed E-state index contributed by atoms with van der Waals surface area (Å²) in [6.45, 7) is 1.89. The summed E-state index contributed by atoms with van der Waals surface area (Å²) in [5.74, 6) is -0.736. The van der Waals surface area contributed by atoms with Crippen molar-refractivity contribution < 1.29 is 14.1 Å². The highest BCUT2D eigenvalue weighted by atomic mass is 32.2. The summed E-state index contributed by atoms with van der Waals surface area (Å²) >= 11 is 1.56. The second-order valence-corrected chi connectivity index (χ2v) is 6.62. The molecule has 1 saturated heterocycles. The fraction of sp³-hybridized carbons (Fsp3) is 0.500. The van der Waals surface area contributed by atoms with Crippen LogP contribution in [-0.2, 0) is 15.6 Å². The van der Waals surface area contributed by atoms with Gasteiger partial charge in [0.1, 0.15) is 6.04 Å². The quantitative estimate of drug-likeness (QED) is 0.831. The van der Waals surface area contributed by atoms with Gasteiger partial charge < -0.3 is 5.11 Å². The molecule has 6 heteroatoms. The Balaban J connectivity index is 2.23. The minimum absolute atomic E-state index is 0.0470. The van der Waals surface area contributed by atoms with E-state index >= 15 is 0 Å². The second-order valence-electron chi connectivity index (χ2n) is 3.80. The molecule has 4 nitrogen and oxygen atoms in total. The number of rotatable bonds is 2. The molecule has 88 valence electrons. The molecule has 0 radical (unpaired) electrons. The Morgan fingerprint density at radius 3 is 3.00 bits per heavy atom. The number of carboxylic acids is 1. The Hall–Kier alpha value is -0.720. The standard InChI is InChI=1S/C10H13NO3S2/c1-6-9(8-3-2-4-15-8)11-7(10(12)13)5-16(6)14/h2-4,6-7,9,11H,5H2,1H3,(H,12,13). The van der Waals surface area contributed by atoms with Crippen LogP contribution in [0, 0.1) is 0 Å². The third-order valence-electron chi connectivity index (χ3n) is 2.74. The van der Waals surface area contributed by atoms with Gasteiger partial charge in [0.2, 0.25) is 0 Å². The molecule has 1 aromatic heterocycles. The minimum atomic E-state index is -1.09. The molecule has 16 heavy (non-hydrogen) atoms. The van der Waals surface area contributed by atoms with Crippen LogP contribution in [0.5, 0.6) is 0 Å². The maximum Gasteiger partial charge on any atom is 0.321 e. The number of nitrogens with one attached hydrogen (secondary N) is 1. The summed E-state index contributed by atoms with van der Waals surface area (Å²) in [6.07, 6.45) is 0. The summed E-state index contributed by atoms with van der Waals surface area (Å²) in [5.41, 5.74) is 0. The third-order valence-corrected chi connectivity index (χ3v) is 5.46. The SMILES string of the molecule is CC1C(c2cccs2)NC(C(=O)O)CS1=O. The molecule has 4 unspecified atom stereocenters. The zero-order chi connectivity index (χ0) is 11.7. The molecule has 2 N–H and O–H groups in total. The zero-order valence-corrected chi connectivity index (χ0v) is 10.4. The molecule has 0 saturated carbocycles. The average Bonchev–Trinajstić information content (AvgIpc) is 2.74. The molecular weight excluding hydrogens is 246 g/mol. The molecule has 1 aromatic rings. The van der Waals surface area contributed by atoms with Crippen molar-refractivity contribution in [2.75, 3.05) is 5.75 Å². The minimum Gasteiger partial charge on any atom is -0.480 e. The molecule has 0 spiro atoms. The first-order valence-corrected chi connectivity index (χ1v) is 7.25. The van der Waals surface area contributed by atoms with Gasteiger partial charge in [0, 0.05) is 21.4 Å². The highest BCUT2D eigenvalue weighted by Crippen LogP contribution is 2.28. The molecule has 1 aliphatic rings. The van der Waals surface area contributed by atoms with Crippen molar-refractivity contribution in [2.45, 2.75) is 24.3 Å². The molecule has 0 amide bonds. The fourth-order valence-electron chi connectivity index (χ4n) is 1.79. The van der Waals surface area contributed by atoms with Crippen LogP contribution in [0.25, 0.3) is 0 Å². The lowest BCUT2D eigenvalue weighted by molar-refractivity contribution is -0.139. The van der Waals surface area contributed by atoms with E-state index in [1.165, 1.54) is 0 Å². The molecule has 0 bridgehead atoms. The average molecular weight is 259 g/mol. The summed E-state index contributed by atoms with van der Waals surface area (Å²) in [7, 11) is -1.09. The molecule has 1 fully saturated rings. The van der Waals surface area contributed by atoms with Gasteiger partial charge in [0.05, 0.1) is 11.3 Å². The normalized spacial score (nSPS) is 34.8. The maximum absolute atomic E-state index is 11.8. The number of hydrogen-bond acceptors (Lipinski definition) is 4. The Bertz CT molecular complexity index is 404.